The number of carbonyl (C=O) groups excluding carboxylic acids is 1. The van der Waals surface area contributed by atoms with Crippen LogP contribution in [0.2, 0.25) is 0 Å². The lowest BCUT2D eigenvalue weighted by atomic mass is 9.87. The third-order valence-corrected chi connectivity index (χ3v) is 3.52. The first-order valence-corrected chi connectivity index (χ1v) is 7.67. The third kappa shape index (κ3) is 5.03. The fourth-order valence-corrected chi connectivity index (χ4v) is 1.89. The van der Waals surface area contributed by atoms with Crippen molar-refractivity contribution in [2.45, 2.75) is 33.4 Å². The Morgan fingerprint density at radius 1 is 1.25 bits per heavy atom. The van der Waals surface area contributed by atoms with Crippen LogP contribution in [0.3, 0.4) is 0 Å². The molecule has 0 aliphatic rings. The fourth-order valence-electron chi connectivity index (χ4n) is 1.89. The standard InChI is InChI=1S/C18H22FN3O2/c1-18(2,3)16(20)17(23)22-11-12-4-9-15(21-10-12)24-14-7-5-13(19)6-8-14/h4-10,16H,11,20H2,1-3H3,(H,22,23)/t16-/m1/s1. The molecule has 1 aromatic carbocycles. The fraction of sp³-hybridized carbons (Fsp3) is 0.333. The molecule has 0 saturated heterocycles. The van der Waals surface area contributed by atoms with Gasteiger partial charge >= 0.3 is 0 Å². The van der Waals surface area contributed by atoms with E-state index in [0.29, 0.717) is 18.2 Å². The Morgan fingerprint density at radius 2 is 1.92 bits per heavy atom. The summed E-state index contributed by atoms with van der Waals surface area (Å²) >= 11 is 0. The van der Waals surface area contributed by atoms with Crippen molar-refractivity contribution >= 4 is 5.91 Å². The number of benzene rings is 1. The van der Waals surface area contributed by atoms with Gasteiger partial charge in [-0.25, -0.2) is 9.37 Å². The van der Waals surface area contributed by atoms with Gasteiger partial charge in [0.25, 0.3) is 0 Å². The average molecular weight is 331 g/mol. The van der Waals surface area contributed by atoms with E-state index in [9.17, 15) is 9.18 Å². The molecule has 6 heteroatoms. The second-order valence-corrected chi connectivity index (χ2v) is 6.62. The Morgan fingerprint density at radius 3 is 2.46 bits per heavy atom. The minimum absolute atomic E-state index is 0.200. The lowest BCUT2D eigenvalue weighted by Gasteiger charge is -2.25. The van der Waals surface area contributed by atoms with Crippen molar-refractivity contribution in [3.63, 3.8) is 0 Å². The van der Waals surface area contributed by atoms with Crippen molar-refractivity contribution in [2.75, 3.05) is 0 Å². The molecule has 0 unspecified atom stereocenters. The molecule has 1 aromatic heterocycles. The molecule has 0 aliphatic carbocycles. The van der Waals surface area contributed by atoms with Crippen molar-refractivity contribution < 1.29 is 13.9 Å². The Labute approximate surface area is 141 Å². The van der Waals surface area contributed by atoms with Gasteiger partial charge in [0.2, 0.25) is 11.8 Å². The number of halogens is 1. The van der Waals surface area contributed by atoms with Crippen LogP contribution in [0, 0.1) is 11.2 Å². The smallest absolute Gasteiger partial charge is 0.237 e. The highest BCUT2D eigenvalue weighted by Gasteiger charge is 2.27. The average Bonchev–Trinajstić information content (AvgIpc) is 2.54. The first kappa shape index (κ1) is 17.9. The maximum absolute atomic E-state index is 12.8. The van der Waals surface area contributed by atoms with Gasteiger partial charge in [-0.15, -0.1) is 0 Å². The van der Waals surface area contributed by atoms with Crippen LogP contribution in [0.5, 0.6) is 11.6 Å². The van der Waals surface area contributed by atoms with Crippen molar-refractivity contribution in [3.05, 3.63) is 54.0 Å². The molecule has 24 heavy (non-hydrogen) atoms. The monoisotopic (exact) mass is 331 g/mol. The van der Waals surface area contributed by atoms with E-state index in [1.54, 1.807) is 18.3 Å². The van der Waals surface area contributed by atoms with E-state index < -0.39 is 6.04 Å². The molecule has 0 radical (unpaired) electrons. The maximum atomic E-state index is 12.8. The van der Waals surface area contributed by atoms with E-state index in [1.807, 2.05) is 20.8 Å². The summed E-state index contributed by atoms with van der Waals surface area (Å²) in [6.07, 6.45) is 1.61. The second kappa shape index (κ2) is 7.40. The minimum atomic E-state index is -0.577. The first-order chi connectivity index (χ1) is 11.3. The Bertz CT molecular complexity index is 679. The summed E-state index contributed by atoms with van der Waals surface area (Å²) in [4.78, 5) is 16.2. The maximum Gasteiger partial charge on any atom is 0.237 e. The molecule has 0 bridgehead atoms. The Kier molecular flexibility index (Phi) is 5.51. The molecule has 1 heterocycles. The molecular formula is C18H22FN3O2. The van der Waals surface area contributed by atoms with Crippen LogP contribution < -0.4 is 15.8 Å². The SMILES string of the molecule is CC(C)(C)[C@H](N)C(=O)NCc1ccc(Oc2ccc(F)cc2)nc1. The zero-order valence-electron chi connectivity index (χ0n) is 14.0. The lowest BCUT2D eigenvalue weighted by Crippen LogP contribution is -2.48. The van der Waals surface area contributed by atoms with Gasteiger partial charge in [0.15, 0.2) is 0 Å². The van der Waals surface area contributed by atoms with Crippen LogP contribution in [0.15, 0.2) is 42.6 Å². The molecule has 128 valence electrons. The predicted octanol–water partition coefficient (Wildman–Crippen LogP) is 3.00. The first-order valence-electron chi connectivity index (χ1n) is 7.67. The second-order valence-electron chi connectivity index (χ2n) is 6.62. The molecule has 5 nitrogen and oxygen atoms in total. The number of aromatic nitrogens is 1. The zero-order valence-corrected chi connectivity index (χ0v) is 14.0. The Balaban J connectivity index is 1.90. The number of pyridine rings is 1. The van der Waals surface area contributed by atoms with E-state index in [1.165, 1.54) is 24.3 Å². The summed E-state index contributed by atoms with van der Waals surface area (Å²) in [6, 6.07) is 8.60. The van der Waals surface area contributed by atoms with Crippen LogP contribution in [-0.2, 0) is 11.3 Å². The summed E-state index contributed by atoms with van der Waals surface area (Å²) in [5, 5.41) is 2.79. The summed E-state index contributed by atoms with van der Waals surface area (Å²) in [5.41, 5.74) is 6.44. The van der Waals surface area contributed by atoms with E-state index in [-0.39, 0.29) is 17.1 Å². The van der Waals surface area contributed by atoms with Gasteiger partial charge in [-0.1, -0.05) is 26.8 Å². The largest absolute Gasteiger partial charge is 0.439 e. The van der Waals surface area contributed by atoms with E-state index in [4.69, 9.17) is 10.5 Å². The van der Waals surface area contributed by atoms with Gasteiger partial charge in [-0.2, -0.15) is 0 Å². The van der Waals surface area contributed by atoms with Crippen LogP contribution in [0.4, 0.5) is 4.39 Å². The molecule has 3 N–H and O–H groups in total. The molecule has 0 aliphatic heterocycles. The molecule has 0 fully saturated rings. The van der Waals surface area contributed by atoms with E-state index in [0.717, 1.165) is 5.56 Å². The number of nitrogens with one attached hydrogen (secondary N) is 1. The molecular weight excluding hydrogens is 309 g/mol. The number of hydrogen-bond acceptors (Lipinski definition) is 4. The van der Waals surface area contributed by atoms with Crippen molar-refractivity contribution in [1.82, 2.24) is 10.3 Å². The van der Waals surface area contributed by atoms with E-state index >= 15 is 0 Å². The number of amides is 1. The molecule has 2 rings (SSSR count). The molecule has 0 spiro atoms. The molecule has 1 amide bonds. The minimum Gasteiger partial charge on any atom is -0.439 e. The highest BCUT2D eigenvalue weighted by molar-refractivity contribution is 5.82. The van der Waals surface area contributed by atoms with Gasteiger partial charge in [0.05, 0.1) is 6.04 Å². The number of nitrogens with zero attached hydrogens (tertiary/aromatic N) is 1. The van der Waals surface area contributed by atoms with Crippen molar-refractivity contribution in [2.24, 2.45) is 11.1 Å². The van der Waals surface area contributed by atoms with Gasteiger partial charge in [-0.3, -0.25) is 4.79 Å². The number of nitrogens with two attached hydrogens (primary N) is 1. The van der Waals surface area contributed by atoms with Crippen molar-refractivity contribution in [3.8, 4) is 11.6 Å². The topological polar surface area (TPSA) is 77.2 Å². The van der Waals surface area contributed by atoms with E-state index in [2.05, 4.69) is 10.3 Å². The van der Waals surface area contributed by atoms with Gasteiger partial charge in [0.1, 0.15) is 11.6 Å². The van der Waals surface area contributed by atoms with Crippen LogP contribution in [0.25, 0.3) is 0 Å². The summed E-state index contributed by atoms with van der Waals surface area (Å²) in [5.74, 6) is 0.369. The summed E-state index contributed by atoms with van der Waals surface area (Å²) in [6.45, 7) is 6.09. The summed E-state index contributed by atoms with van der Waals surface area (Å²) < 4.78 is 18.4. The Hall–Kier alpha value is -2.47. The quantitative estimate of drug-likeness (QED) is 0.883. The lowest BCUT2D eigenvalue weighted by molar-refractivity contribution is -0.124. The summed E-state index contributed by atoms with van der Waals surface area (Å²) in [7, 11) is 0. The van der Waals surface area contributed by atoms with Gasteiger partial charge in [-0.05, 0) is 35.2 Å². The number of hydrogen-bond donors (Lipinski definition) is 2. The highest BCUT2D eigenvalue weighted by atomic mass is 19.1. The zero-order chi connectivity index (χ0) is 17.7. The van der Waals surface area contributed by atoms with Crippen LogP contribution in [0.1, 0.15) is 26.3 Å². The third-order valence-electron chi connectivity index (χ3n) is 3.52. The number of ether oxygens (including phenoxy) is 1. The predicted molar refractivity (Wildman–Crippen MR) is 90.0 cm³/mol. The number of rotatable bonds is 5. The molecule has 0 saturated carbocycles. The number of carbonyl (C=O) groups is 1. The van der Waals surface area contributed by atoms with Gasteiger partial charge in [0, 0.05) is 18.8 Å². The highest BCUT2D eigenvalue weighted by Crippen LogP contribution is 2.20. The molecule has 2 aromatic rings. The van der Waals surface area contributed by atoms with Gasteiger partial charge < -0.3 is 15.8 Å². The van der Waals surface area contributed by atoms with Crippen LogP contribution >= 0.6 is 0 Å². The molecule has 1 atom stereocenters. The normalized spacial score (nSPS) is 12.5. The van der Waals surface area contributed by atoms with Crippen LogP contribution in [-0.4, -0.2) is 16.9 Å². The van der Waals surface area contributed by atoms with Crippen molar-refractivity contribution in [1.29, 1.82) is 0 Å².